The molecule has 0 unspecified atom stereocenters. The van der Waals surface area contributed by atoms with Gasteiger partial charge in [0.15, 0.2) is 0 Å². The molecule has 0 atom stereocenters. The number of hydrogen-bond donors (Lipinski definition) is 2. The zero-order valence-electron chi connectivity index (χ0n) is 9.45. The average Bonchev–Trinajstić information content (AvgIpc) is 2.33. The second-order valence-electron chi connectivity index (χ2n) is 3.74. The maximum atomic E-state index is 13.4. The minimum atomic E-state index is -0.758. The van der Waals surface area contributed by atoms with Gasteiger partial charge in [-0.2, -0.15) is 0 Å². The number of anilines is 1. The molecule has 0 aliphatic carbocycles. The number of phenolic OH excluding ortho intramolecular Hbond substituents is 1. The number of rotatable bonds is 2. The maximum absolute atomic E-state index is 13.4. The minimum absolute atomic E-state index is 0.0353. The van der Waals surface area contributed by atoms with Gasteiger partial charge >= 0.3 is 0 Å². The van der Waals surface area contributed by atoms with Crippen LogP contribution in [0.2, 0.25) is 0 Å². The molecule has 2 aromatic rings. The van der Waals surface area contributed by atoms with Crippen LogP contribution in [0, 0.1) is 11.6 Å². The van der Waals surface area contributed by atoms with Crippen molar-refractivity contribution in [1.29, 1.82) is 0 Å². The van der Waals surface area contributed by atoms with Crippen molar-refractivity contribution in [2.24, 2.45) is 0 Å². The third-order valence-corrected chi connectivity index (χ3v) is 2.87. The molecule has 0 bridgehead atoms. The first-order valence-electron chi connectivity index (χ1n) is 5.22. The Hall–Kier alpha value is -1.95. The standard InChI is InChI=1S/C13H8BrF2NO2/c14-7-1-3-9(12(18)5-7)13(19)17-11-6-8(15)2-4-10(11)16/h1-6,18H,(H,17,19). The molecule has 0 saturated carbocycles. The number of benzene rings is 2. The zero-order chi connectivity index (χ0) is 14.0. The van der Waals surface area contributed by atoms with Crippen LogP contribution in [0.3, 0.4) is 0 Å². The molecule has 0 aliphatic rings. The van der Waals surface area contributed by atoms with Crippen LogP contribution in [0.25, 0.3) is 0 Å². The average molecular weight is 328 g/mol. The van der Waals surface area contributed by atoms with Crippen molar-refractivity contribution >= 4 is 27.5 Å². The normalized spacial score (nSPS) is 10.3. The van der Waals surface area contributed by atoms with Crippen LogP contribution in [0.4, 0.5) is 14.5 Å². The van der Waals surface area contributed by atoms with E-state index >= 15 is 0 Å². The molecule has 2 N–H and O–H groups in total. The molecule has 0 saturated heterocycles. The first-order chi connectivity index (χ1) is 8.97. The van der Waals surface area contributed by atoms with Crippen LogP contribution in [-0.2, 0) is 0 Å². The highest BCUT2D eigenvalue weighted by Gasteiger charge is 2.14. The molecule has 6 heteroatoms. The first kappa shape index (κ1) is 13.5. The van der Waals surface area contributed by atoms with Crippen LogP contribution in [0.1, 0.15) is 10.4 Å². The number of carbonyl (C=O) groups excluding carboxylic acids is 1. The Morgan fingerprint density at radius 3 is 2.58 bits per heavy atom. The van der Waals surface area contributed by atoms with Gasteiger partial charge in [0, 0.05) is 10.5 Å². The predicted octanol–water partition coefficient (Wildman–Crippen LogP) is 3.69. The van der Waals surface area contributed by atoms with E-state index < -0.39 is 17.5 Å². The second-order valence-corrected chi connectivity index (χ2v) is 4.66. The summed E-state index contributed by atoms with van der Waals surface area (Å²) in [6.07, 6.45) is 0. The van der Waals surface area contributed by atoms with Crippen molar-refractivity contribution in [2.45, 2.75) is 0 Å². The number of amides is 1. The molecular formula is C13H8BrF2NO2. The van der Waals surface area contributed by atoms with Gasteiger partial charge in [0.05, 0.1) is 11.3 Å². The topological polar surface area (TPSA) is 49.3 Å². The van der Waals surface area contributed by atoms with Crippen LogP contribution < -0.4 is 5.32 Å². The van der Waals surface area contributed by atoms with Gasteiger partial charge < -0.3 is 10.4 Å². The lowest BCUT2D eigenvalue weighted by Crippen LogP contribution is -2.13. The first-order valence-corrected chi connectivity index (χ1v) is 6.01. The Morgan fingerprint density at radius 2 is 1.89 bits per heavy atom. The van der Waals surface area contributed by atoms with Crippen molar-refractivity contribution < 1.29 is 18.7 Å². The summed E-state index contributed by atoms with van der Waals surface area (Å²) in [6, 6.07) is 6.97. The summed E-state index contributed by atoms with van der Waals surface area (Å²) in [7, 11) is 0. The third-order valence-electron chi connectivity index (χ3n) is 2.38. The summed E-state index contributed by atoms with van der Waals surface area (Å²) in [5.41, 5.74) is -0.320. The maximum Gasteiger partial charge on any atom is 0.259 e. The quantitative estimate of drug-likeness (QED) is 0.883. The molecule has 2 aromatic carbocycles. The fourth-order valence-corrected chi connectivity index (χ4v) is 1.83. The zero-order valence-corrected chi connectivity index (χ0v) is 11.0. The molecule has 0 aromatic heterocycles. The predicted molar refractivity (Wildman–Crippen MR) is 70.1 cm³/mol. The number of hydrogen-bond acceptors (Lipinski definition) is 2. The van der Waals surface area contributed by atoms with Gasteiger partial charge in [0.25, 0.3) is 5.91 Å². The molecule has 19 heavy (non-hydrogen) atoms. The van der Waals surface area contributed by atoms with Crippen molar-refractivity contribution in [2.75, 3.05) is 5.32 Å². The fraction of sp³-hybridized carbons (Fsp3) is 0. The molecule has 0 fully saturated rings. The molecule has 0 heterocycles. The van der Waals surface area contributed by atoms with Crippen molar-refractivity contribution in [3.63, 3.8) is 0 Å². The Labute approximate surface area is 116 Å². The lowest BCUT2D eigenvalue weighted by molar-refractivity contribution is 0.102. The SMILES string of the molecule is O=C(Nc1cc(F)ccc1F)c1ccc(Br)cc1O. The Balaban J connectivity index is 2.28. The summed E-state index contributed by atoms with van der Waals surface area (Å²) < 4.78 is 26.9. The van der Waals surface area contributed by atoms with Gasteiger partial charge in [0.1, 0.15) is 17.4 Å². The summed E-state index contributed by atoms with van der Waals surface area (Å²) in [5, 5.41) is 11.8. The molecule has 0 spiro atoms. The highest BCUT2D eigenvalue weighted by molar-refractivity contribution is 9.10. The Bertz CT molecular complexity index is 647. The van der Waals surface area contributed by atoms with Gasteiger partial charge in [-0.05, 0) is 30.3 Å². The third kappa shape index (κ3) is 3.08. The summed E-state index contributed by atoms with van der Waals surface area (Å²) in [5.74, 6) is -2.42. The van der Waals surface area contributed by atoms with E-state index in [9.17, 15) is 18.7 Å². The molecule has 3 nitrogen and oxygen atoms in total. The Kier molecular flexibility index (Phi) is 3.80. The van der Waals surface area contributed by atoms with E-state index in [2.05, 4.69) is 21.2 Å². The van der Waals surface area contributed by atoms with E-state index in [4.69, 9.17) is 0 Å². The monoisotopic (exact) mass is 327 g/mol. The van der Waals surface area contributed by atoms with Gasteiger partial charge in [-0.15, -0.1) is 0 Å². The van der Waals surface area contributed by atoms with Gasteiger partial charge in [0.2, 0.25) is 0 Å². The summed E-state index contributed by atoms with van der Waals surface area (Å²) >= 11 is 3.13. The summed E-state index contributed by atoms with van der Waals surface area (Å²) in [4.78, 5) is 11.8. The molecule has 2 rings (SSSR count). The molecule has 0 radical (unpaired) electrons. The van der Waals surface area contributed by atoms with Gasteiger partial charge in [-0.25, -0.2) is 8.78 Å². The molecular weight excluding hydrogens is 320 g/mol. The molecule has 0 aliphatic heterocycles. The van der Waals surface area contributed by atoms with E-state index in [0.29, 0.717) is 4.47 Å². The van der Waals surface area contributed by atoms with Gasteiger partial charge in [-0.3, -0.25) is 4.79 Å². The largest absolute Gasteiger partial charge is 0.507 e. The Morgan fingerprint density at radius 1 is 1.16 bits per heavy atom. The lowest BCUT2D eigenvalue weighted by Gasteiger charge is -2.08. The van der Waals surface area contributed by atoms with E-state index in [1.807, 2.05) is 0 Å². The smallest absolute Gasteiger partial charge is 0.259 e. The number of halogens is 3. The number of nitrogens with one attached hydrogen (secondary N) is 1. The number of phenols is 1. The van der Waals surface area contributed by atoms with Crippen molar-refractivity contribution in [1.82, 2.24) is 0 Å². The fourth-order valence-electron chi connectivity index (χ4n) is 1.48. The number of carbonyl (C=O) groups is 1. The minimum Gasteiger partial charge on any atom is -0.507 e. The molecule has 98 valence electrons. The summed E-state index contributed by atoms with van der Waals surface area (Å²) in [6.45, 7) is 0. The van der Waals surface area contributed by atoms with E-state index in [1.165, 1.54) is 12.1 Å². The molecule has 1 amide bonds. The van der Waals surface area contributed by atoms with Crippen molar-refractivity contribution in [3.05, 3.63) is 58.1 Å². The van der Waals surface area contributed by atoms with Gasteiger partial charge in [-0.1, -0.05) is 15.9 Å². The second kappa shape index (κ2) is 5.36. The van der Waals surface area contributed by atoms with Crippen LogP contribution in [-0.4, -0.2) is 11.0 Å². The van der Waals surface area contributed by atoms with Crippen LogP contribution in [0.5, 0.6) is 5.75 Å². The van der Waals surface area contributed by atoms with E-state index in [0.717, 1.165) is 18.2 Å². The highest BCUT2D eigenvalue weighted by Crippen LogP contribution is 2.24. The lowest BCUT2D eigenvalue weighted by atomic mass is 10.2. The van der Waals surface area contributed by atoms with E-state index in [1.54, 1.807) is 6.07 Å². The van der Waals surface area contributed by atoms with Crippen LogP contribution in [0.15, 0.2) is 40.9 Å². The highest BCUT2D eigenvalue weighted by atomic mass is 79.9. The number of aromatic hydroxyl groups is 1. The van der Waals surface area contributed by atoms with Crippen LogP contribution >= 0.6 is 15.9 Å². The van der Waals surface area contributed by atoms with E-state index in [-0.39, 0.29) is 17.0 Å². The van der Waals surface area contributed by atoms with Crippen molar-refractivity contribution in [3.8, 4) is 5.75 Å².